The number of anilines is 2. The van der Waals surface area contributed by atoms with Crippen molar-refractivity contribution in [2.45, 2.75) is 81.9 Å². The van der Waals surface area contributed by atoms with Crippen molar-refractivity contribution in [3.05, 3.63) is 83.0 Å². The Bertz CT molecular complexity index is 2160. The first-order valence-electron chi connectivity index (χ1n) is 19.7. The summed E-state index contributed by atoms with van der Waals surface area (Å²) in [6, 6.07) is 10.5. The molecule has 1 unspecified atom stereocenters. The number of rotatable bonds is 14. The van der Waals surface area contributed by atoms with E-state index in [0.29, 0.717) is 5.69 Å². The summed E-state index contributed by atoms with van der Waals surface area (Å²) in [4.78, 5) is 49.9. The summed E-state index contributed by atoms with van der Waals surface area (Å²) >= 11 is 0. The molecule has 57 heavy (non-hydrogen) atoms. The molecule has 17 heteroatoms. The van der Waals surface area contributed by atoms with Crippen molar-refractivity contribution in [3.63, 3.8) is 0 Å². The van der Waals surface area contributed by atoms with Crippen LogP contribution in [0.15, 0.2) is 65.9 Å². The number of fused-ring (bicyclic) bond motifs is 3. The van der Waals surface area contributed by atoms with E-state index < -0.39 is 11.8 Å². The van der Waals surface area contributed by atoms with Crippen molar-refractivity contribution in [2.75, 3.05) is 44.5 Å². The van der Waals surface area contributed by atoms with Gasteiger partial charge in [0.1, 0.15) is 18.6 Å². The Morgan fingerprint density at radius 2 is 1.77 bits per heavy atom. The molecule has 3 saturated carbocycles. The number of nitrogens with two attached hydrogens (primary N) is 2. The van der Waals surface area contributed by atoms with E-state index in [1.165, 1.54) is 28.9 Å². The number of aliphatic hydroxyl groups is 2. The van der Waals surface area contributed by atoms with Gasteiger partial charge in [-0.1, -0.05) is 19.1 Å². The molecule has 4 heterocycles. The van der Waals surface area contributed by atoms with Crippen LogP contribution in [-0.4, -0.2) is 93.9 Å². The number of allylic oxidation sites excluding steroid dienone is 1. The fourth-order valence-electron chi connectivity index (χ4n) is 7.90. The molecule has 17 nitrogen and oxygen atoms in total. The van der Waals surface area contributed by atoms with Gasteiger partial charge in [0.05, 0.1) is 41.0 Å². The standard InChI is InChI=1S/C40H51N11O6/c1-5-30-36-27(19-43-50(36)25-20-49(21-25)40(55,56)32-11-7-10-31(51(32)57-4)39(54)47(2)24-16-17-24)26-8-6-9-28(35(26)48(30)3)45-29(34(42)38(53)44-23-14-15-23)18-33(41)46-37(52)22-12-13-22/h6-11,18-19,22-25,30,42,55-56H,5,12-17,20-21H2,1-4H3,(H5,41,44,45,46,52,53,54)/p+1. The third kappa shape index (κ3) is 7.14. The van der Waals surface area contributed by atoms with Gasteiger partial charge in [0.2, 0.25) is 5.91 Å². The molecular formula is C40H52N11O6+. The maximum Gasteiger partial charge on any atom is 0.323 e. The second-order valence-corrected chi connectivity index (χ2v) is 15.8. The van der Waals surface area contributed by atoms with E-state index in [2.05, 4.69) is 27.8 Å². The van der Waals surface area contributed by atoms with Gasteiger partial charge in [0.15, 0.2) is 0 Å². The van der Waals surface area contributed by atoms with Crippen molar-refractivity contribution >= 4 is 29.1 Å². The molecule has 1 atom stereocenters. The van der Waals surface area contributed by atoms with Crippen molar-refractivity contribution in [1.82, 2.24) is 30.2 Å². The van der Waals surface area contributed by atoms with E-state index >= 15 is 0 Å². The van der Waals surface area contributed by atoms with Crippen LogP contribution in [0.5, 0.6) is 0 Å². The summed E-state index contributed by atoms with van der Waals surface area (Å²) in [6.45, 7) is 2.63. The molecule has 9 N–H and O–H groups in total. The van der Waals surface area contributed by atoms with Crippen molar-refractivity contribution < 1.29 is 34.2 Å². The summed E-state index contributed by atoms with van der Waals surface area (Å²) in [5.74, 6) is -3.27. The molecule has 2 aliphatic heterocycles. The second kappa shape index (κ2) is 14.7. The van der Waals surface area contributed by atoms with Crippen LogP contribution in [0.4, 0.5) is 11.4 Å². The number of carbonyl (C=O) groups is 3. The van der Waals surface area contributed by atoms with Crippen LogP contribution in [0, 0.1) is 5.92 Å². The van der Waals surface area contributed by atoms with Gasteiger partial charge in [0, 0.05) is 79.3 Å². The molecule has 0 spiro atoms. The maximum absolute atomic E-state index is 13.3. The number of aromatic nitrogens is 3. The Morgan fingerprint density at radius 3 is 2.42 bits per heavy atom. The van der Waals surface area contributed by atoms with E-state index in [4.69, 9.17) is 21.4 Å². The van der Waals surface area contributed by atoms with E-state index in [9.17, 15) is 24.6 Å². The number of likely N-dealkylation sites (tertiary alicyclic amines) is 1. The molecule has 5 aliphatic rings. The fourth-order valence-corrected chi connectivity index (χ4v) is 7.90. The number of hydrogen-bond donors (Lipinski definition) is 7. The first-order valence-corrected chi connectivity index (χ1v) is 19.7. The number of hydrogen-bond acceptors (Lipinski definition) is 12. The zero-order valence-corrected chi connectivity index (χ0v) is 32.7. The van der Waals surface area contributed by atoms with Crippen LogP contribution in [-0.2, 0) is 15.5 Å². The zero-order chi connectivity index (χ0) is 40.3. The summed E-state index contributed by atoms with van der Waals surface area (Å²) in [5.41, 5.74) is 17.5. The number of amides is 3. The number of nitrogens with one attached hydrogen (secondary N) is 3. The zero-order valence-electron chi connectivity index (χ0n) is 32.7. The predicted octanol–water partition coefficient (Wildman–Crippen LogP) is 0.870. The van der Waals surface area contributed by atoms with Gasteiger partial charge in [-0.25, -0.2) is 4.90 Å². The quantitative estimate of drug-likeness (QED) is 0.0525. The largest absolute Gasteiger partial charge is 0.393 e. The van der Waals surface area contributed by atoms with Crippen LogP contribution in [0.2, 0.25) is 0 Å². The van der Waals surface area contributed by atoms with E-state index in [1.54, 1.807) is 24.1 Å². The van der Waals surface area contributed by atoms with Gasteiger partial charge in [-0.3, -0.25) is 23.9 Å². The van der Waals surface area contributed by atoms with Gasteiger partial charge in [-0.05, 0) is 57.1 Å². The molecule has 0 bridgehead atoms. The summed E-state index contributed by atoms with van der Waals surface area (Å²) in [6.07, 6.45) is 9.35. The van der Waals surface area contributed by atoms with Gasteiger partial charge >= 0.3 is 23.2 Å². The lowest BCUT2D eigenvalue weighted by atomic mass is 9.91. The van der Waals surface area contributed by atoms with E-state index in [0.717, 1.165) is 67.5 Å². The molecular weight excluding hydrogens is 731 g/mol. The Balaban J connectivity index is 1.07. The minimum Gasteiger partial charge on any atom is -0.393 e. The van der Waals surface area contributed by atoms with E-state index in [-0.39, 0.29) is 83.6 Å². The minimum absolute atomic E-state index is 0.0158. The van der Waals surface area contributed by atoms with Crippen molar-refractivity contribution in [2.24, 2.45) is 17.4 Å². The number of benzene rings is 1. The lowest BCUT2D eigenvalue weighted by Crippen LogP contribution is -2.64. The molecule has 1 saturated heterocycles. The normalized spacial score (nSPS) is 20.1. The number of pyridine rings is 1. The van der Waals surface area contributed by atoms with Crippen LogP contribution in [0.25, 0.3) is 11.1 Å². The number of carbonyl (C=O) groups excluding carboxylic acids is 3. The molecule has 302 valence electrons. The van der Waals surface area contributed by atoms with Gasteiger partial charge in [0.25, 0.3) is 5.91 Å². The molecule has 8 rings (SSSR count). The second-order valence-electron chi connectivity index (χ2n) is 15.8. The summed E-state index contributed by atoms with van der Waals surface area (Å²) < 4.78 is 3.17. The highest BCUT2D eigenvalue weighted by Gasteiger charge is 2.52. The molecule has 2 aromatic heterocycles. The third-order valence-corrected chi connectivity index (χ3v) is 11.7. The Hall–Kier alpha value is -5.65. The lowest BCUT2D eigenvalue weighted by Gasteiger charge is -2.46. The Morgan fingerprint density at radius 1 is 1.05 bits per heavy atom. The molecule has 4 fully saturated rings. The van der Waals surface area contributed by atoms with Crippen molar-refractivity contribution in [1.29, 1.82) is 0 Å². The number of para-hydroxylation sites is 1. The van der Waals surface area contributed by atoms with Crippen LogP contribution in [0.3, 0.4) is 0 Å². The summed E-state index contributed by atoms with van der Waals surface area (Å²) in [7, 11) is 5.14. The highest BCUT2D eigenvalue weighted by atomic mass is 16.7. The molecule has 0 radical (unpaired) electrons. The summed E-state index contributed by atoms with van der Waals surface area (Å²) in [5, 5.41) is 37.1. The average molecular weight is 783 g/mol. The van der Waals surface area contributed by atoms with Gasteiger partial charge < -0.3 is 47.4 Å². The SMILES string of the molecule is CCC1c2c(cnn2C2CN(C(O)(O)c3cccc(C(=O)N(C)C4CC4)[n+]3OC)C2)-c2cccc(NC(/C=C(\N)NC(=O)C3CC3)=C(/N)C(=O)NC3CC3)c2N1C. The molecule has 1 aromatic carbocycles. The first kappa shape index (κ1) is 38.2. The van der Waals surface area contributed by atoms with Gasteiger partial charge in [-0.15, -0.1) is 0 Å². The maximum atomic E-state index is 13.3. The smallest absolute Gasteiger partial charge is 0.323 e. The Labute approximate surface area is 330 Å². The highest BCUT2D eigenvalue weighted by Crippen LogP contribution is 2.50. The van der Waals surface area contributed by atoms with E-state index in [1.807, 2.05) is 36.1 Å². The number of nitrogens with zero attached hydrogens (tertiary/aromatic N) is 6. The predicted molar refractivity (Wildman–Crippen MR) is 209 cm³/mol. The fraction of sp³-hybridized carbons (Fsp3) is 0.475. The average Bonchev–Trinajstić information content (AvgIpc) is 4.03. The third-order valence-electron chi connectivity index (χ3n) is 11.7. The minimum atomic E-state index is -2.44. The van der Waals surface area contributed by atoms with Crippen LogP contribution >= 0.6 is 0 Å². The highest BCUT2D eigenvalue weighted by molar-refractivity contribution is 5.97. The van der Waals surface area contributed by atoms with Crippen LogP contribution in [0.1, 0.15) is 85.8 Å². The van der Waals surface area contributed by atoms with Gasteiger partial charge in [-0.2, -0.15) is 5.10 Å². The molecule has 3 aliphatic carbocycles. The Kier molecular flexibility index (Phi) is 9.86. The van der Waals surface area contributed by atoms with Crippen molar-refractivity contribution in [3.8, 4) is 11.1 Å². The lowest BCUT2D eigenvalue weighted by molar-refractivity contribution is -0.898. The monoisotopic (exact) mass is 782 g/mol. The first-order chi connectivity index (χ1) is 27.3. The topological polar surface area (TPSA) is 220 Å². The van der Waals surface area contributed by atoms with Crippen LogP contribution < -0.4 is 41.9 Å². The molecule has 3 amide bonds. The molecule has 3 aromatic rings.